The molecule has 1 aliphatic carbocycles. The van der Waals surface area contributed by atoms with E-state index in [2.05, 4.69) is 27.2 Å². The van der Waals surface area contributed by atoms with Crippen LogP contribution >= 0.6 is 22.7 Å². The first-order valence-electron chi connectivity index (χ1n) is 9.05. The summed E-state index contributed by atoms with van der Waals surface area (Å²) in [5.74, 6) is 2.06. The van der Waals surface area contributed by atoms with Gasteiger partial charge in [0, 0.05) is 24.0 Å². The van der Waals surface area contributed by atoms with E-state index in [0.717, 1.165) is 46.8 Å². The van der Waals surface area contributed by atoms with Gasteiger partial charge in [-0.15, -0.1) is 22.7 Å². The van der Waals surface area contributed by atoms with E-state index in [1.807, 2.05) is 16.8 Å². The molecule has 4 rings (SSSR count). The minimum atomic E-state index is 0.153. The highest BCUT2D eigenvalue weighted by Gasteiger charge is 2.23. The Kier molecular flexibility index (Phi) is 5.45. The van der Waals surface area contributed by atoms with Crippen molar-refractivity contribution in [3.8, 4) is 0 Å². The third kappa shape index (κ3) is 4.33. The fourth-order valence-electron chi connectivity index (χ4n) is 3.47. The number of hydrogen-bond acceptors (Lipinski definition) is 8. The van der Waals surface area contributed by atoms with Gasteiger partial charge in [-0.3, -0.25) is 10.1 Å². The highest BCUT2D eigenvalue weighted by atomic mass is 32.1. The number of anilines is 3. The van der Waals surface area contributed by atoms with E-state index < -0.39 is 0 Å². The molecule has 0 saturated heterocycles. The lowest BCUT2D eigenvalue weighted by Gasteiger charge is -2.29. The molecular weight excluding hydrogens is 378 g/mol. The molecule has 140 valence electrons. The summed E-state index contributed by atoms with van der Waals surface area (Å²) in [5, 5.41) is 11.5. The molecule has 3 aromatic rings. The monoisotopic (exact) mass is 399 g/mol. The number of allylic oxidation sites excluding steroid dienone is 1. The van der Waals surface area contributed by atoms with Gasteiger partial charge in [-0.25, -0.2) is 9.97 Å². The van der Waals surface area contributed by atoms with Crippen LogP contribution in [0.3, 0.4) is 0 Å². The summed E-state index contributed by atoms with van der Waals surface area (Å²) in [4.78, 5) is 25.1. The Morgan fingerprint density at radius 3 is 2.81 bits per heavy atom. The number of aromatic nitrogens is 3. The van der Waals surface area contributed by atoms with E-state index in [4.69, 9.17) is 4.98 Å². The molecule has 0 atom stereocenters. The Morgan fingerprint density at radius 2 is 2.07 bits per heavy atom. The maximum Gasteiger partial charge on any atom is 0.231 e. The van der Waals surface area contributed by atoms with E-state index >= 15 is 0 Å². The second-order valence-electron chi connectivity index (χ2n) is 6.73. The van der Waals surface area contributed by atoms with Gasteiger partial charge in [0.15, 0.2) is 10.9 Å². The Hall–Kier alpha value is -2.32. The van der Waals surface area contributed by atoms with Crippen molar-refractivity contribution < 1.29 is 4.79 Å². The first-order valence-corrected chi connectivity index (χ1v) is 10.8. The summed E-state index contributed by atoms with van der Waals surface area (Å²) in [6, 6.07) is 2.38. The fourth-order valence-corrected chi connectivity index (χ4v) is 4.78. The number of thiazole rings is 1. The van der Waals surface area contributed by atoms with Crippen molar-refractivity contribution in [1.29, 1.82) is 0 Å². The molecule has 1 aliphatic rings. The van der Waals surface area contributed by atoms with Crippen molar-refractivity contribution in [1.82, 2.24) is 15.0 Å². The Labute approximate surface area is 165 Å². The van der Waals surface area contributed by atoms with Gasteiger partial charge in [0.1, 0.15) is 5.82 Å². The second-order valence-corrected chi connectivity index (χ2v) is 8.54. The molecule has 8 heteroatoms. The molecule has 0 bridgehead atoms. The molecule has 0 amide bonds. The van der Waals surface area contributed by atoms with Crippen LogP contribution in [0.25, 0.3) is 10.2 Å². The third-order valence-electron chi connectivity index (χ3n) is 4.86. The van der Waals surface area contributed by atoms with Crippen molar-refractivity contribution in [2.75, 3.05) is 10.6 Å². The Balaban J connectivity index is 1.46. The summed E-state index contributed by atoms with van der Waals surface area (Å²) in [7, 11) is 0. The summed E-state index contributed by atoms with van der Waals surface area (Å²) in [6.45, 7) is 3.57. The van der Waals surface area contributed by atoms with Crippen LogP contribution < -0.4 is 10.6 Å². The highest BCUT2D eigenvalue weighted by molar-refractivity contribution is 7.17. The van der Waals surface area contributed by atoms with E-state index in [-0.39, 0.29) is 5.78 Å². The number of thiophene rings is 1. The van der Waals surface area contributed by atoms with Gasteiger partial charge in [0.25, 0.3) is 0 Å². The number of hydrogen-bond donors (Lipinski definition) is 2. The van der Waals surface area contributed by atoms with Crippen molar-refractivity contribution >= 4 is 55.6 Å². The molecule has 0 unspecified atom stereocenters. The van der Waals surface area contributed by atoms with Crippen LogP contribution in [0.1, 0.15) is 32.1 Å². The van der Waals surface area contributed by atoms with Gasteiger partial charge in [-0.05, 0) is 49.1 Å². The fraction of sp³-hybridized carbons (Fsp3) is 0.368. The number of fused-ring (bicyclic) bond motifs is 1. The molecule has 6 nitrogen and oxygen atoms in total. The summed E-state index contributed by atoms with van der Waals surface area (Å²) in [5.41, 5.74) is 0.932. The first kappa shape index (κ1) is 18.1. The molecule has 0 aliphatic heterocycles. The van der Waals surface area contributed by atoms with E-state index in [0.29, 0.717) is 24.3 Å². The van der Waals surface area contributed by atoms with Gasteiger partial charge in [0.05, 0.1) is 10.2 Å². The van der Waals surface area contributed by atoms with Crippen LogP contribution in [0.5, 0.6) is 0 Å². The van der Waals surface area contributed by atoms with Gasteiger partial charge in [0.2, 0.25) is 5.95 Å². The minimum absolute atomic E-state index is 0.153. The molecule has 0 radical (unpaired) electrons. The van der Waals surface area contributed by atoms with E-state index in [1.54, 1.807) is 17.5 Å². The first-order chi connectivity index (χ1) is 13.2. The lowest BCUT2D eigenvalue weighted by molar-refractivity contribution is -0.115. The van der Waals surface area contributed by atoms with Crippen molar-refractivity contribution in [2.24, 2.45) is 5.92 Å². The zero-order valence-electron chi connectivity index (χ0n) is 14.9. The number of ketones is 1. The second kappa shape index (κ2) is 8.14. The largest absolute Gasteiger partial charge is 0.366 e. The van der Waals surface area contributed by atoms with E-state index in [9.17, 15) is 4.79 Å². The Bertz CT molecular complexity index is 929. The number of carbonyl (C=O) groups excluding carboxylic acids is 1. The molecule has 1 fully saturated rings. The van der Waals surface area contributed by atoms with Crippen molar-refractivity contribution in [3.63, 3.8) is 0 Å². The smallest absolute Gasteiger partial charge is 0.231 e. The quantitative estimate of drug-likeness (QED) is 0.544. The number of rotatable bonds is 7. The Morgan fingerprint density at radius 1 is 1.22 bits per heavy atom. The molecule has 3 heterocycles. The molecule has 2 N–H and O–H groups in total. The zero-order chi connectivity index (χ0) is 18.6. The molecule has 27 heavy (non-hydrogen) atoms. The molecule has 1 saturated carbocycles. The lowest BCUT2D eigenvalue weighted by Crippen LogP contribution is -2.27. The standard InChI is InChI=1S/C19H21N5OS2/c1-2-14(25)11-12-3-5-13(6-4-12)21-17-16-15(7-9-26-16)22-18(23-17)24-19-20-8-10-27-19/h2,7-10,12-13H,1,3-6,11H2,(H2,20,21,22,23,24). The van der Waals surface area contributed by atoms with Crippen LogP contribution in [0.15, 0.2) is 35.7 Å². The molecule has 3 aromatic heterocycles. The number of carbonyl (C=O) groups is 1. The molecular formula is C19H21N5OS2. The normalized spacial score (nSPS) is 19.7. The predicted molar refractivity (Wildman–Crippen MR) is 112 cm³/mol. The maximum atomic E-state index is 11.6. The van der Waals surface area contributed by atoms with E-state index in [1.165, 1.54) is 17.4 Å². The minimum Gasteiger partial charge on any atom is -0.366 e. The summed E-state index contributed by atoms with van der Waals surface area (Å²) < 4.78 is 1.07. The topological polar surface area (TPSA) is 79.8 Å². The summed E-state index contributed by atoms with van der Waals surface area (Å²) in [6.07, 6.45) is 8.02. The molecule has 0 spiro atoms. The average Bonchev–Trinajstić information content (AvgIpc) is 3.35. The van der Waals surface area contributed by atoms with Crippen molar-refractivity contribution in [3.05, 3.63) is 35.7 Å². The number of nitrogens with one attached hydrogen (secondary N) is 2. The maximum absolute atomic E-state index is 11.6. The van der Waals surface area contributed by atoms with Gasteiger partial charge in [-0.1, -0.05) is 6.58 Å². The third-order valence-corrected chi connectivity index (χ3v) is 6.46. The van der Waals surface area contributed by atoms with Gasteiger partial charge in [-0.2, -0.15) is 4.98 Å². The zero-order valence-corrected chi connectivity index (χ0v) is 16.5. The number of nitrogens with zero attached hydrogens (tertiary/aromatic N) is 3. The summed E-state index contributed by atoms with van der Waals surface area (Å²) >= 11 is 3.17. The van der Waals surface area contributed by atoms with Crippen LogP contribution in [0.2, 0.25) is 0 Å². The van der Waals surface area contributed by atoms with Crippen molar-refractivity contribution in [2.45, 2.75) is 38.1 Å². The highest BCUT2D eigenvalue weighted by Crippen LogP contribution is 2.33. The molecule has 0 aromatic carbocycles. The van der Waals surface area contributed by atoms with Crippen LogP contribution in [0.4, 0.5) is 16.9 Å². The lowest BCUT2D eigenvalue weighted by atomic mass is 9.83. The van der Waals surface area contributed by atoms with Gasteiger partial charge >= 0.3 is 0 Å². The van der Waals surface area contributed by atoms with Gasteiger partial charge < -0.3 is 5.32 Å². The van der Waals surface area contributed by atoms with Crippen LogP contribution in [-0.4, -0.2) is 26.8 Å². The van der Waals surface area contributed by atoms with Crippen LogP contribution in [0, 0.1) is 5.92 Å². The predicted octanol–water partition coefficient (Wildman–Crippen LogP) is 5.01. The van der Waals surface area contributed by atoms with Crippen LogP contribution in [-0.2, 0) is 4.79 Å². The SMILES string of the molecule is C=CC(=O)CC1CCC(Nc2nc(Nc3nccs3)nc3ccsc23)CC1. The average molecular weight is 400 g/mol.